The predicted octanol–water partition coefficient (Wildman–Crippen LogP) is 16.0. The number of nitrogens with zero attached hydrogens (tertiary/aromatic N) is 1. The molecule has 1 N–H and O–H groups in total. The van der Waals surface area contributed by atoms with E-state index in [1.807, 2.05) is 33.3 Å². The summed E-state index contributed by atoms with van der Waals surface area (Å²) in [6.45, 7) is 6.84. The molecular formula is C56H109N2O7P. The quantitative estimate of drug-likeness (QED) is 0.0212. The Balaban J connectivity index is 5.34. The Bertz CT molecular complexity index is 1190. The highest BCUT2D eigenvalue weighted by molar-refractivity contribution is 7.45. The summed E-state index contributed by atoms with van der Waals surface area (Å²) < 4.78 is 30.2. The fraction of sp³-hybridized carbons (Fsp3) is 0.893. The van der Waals surface area contributed by atoms with Gasteiger partial charge in [-0.3, -0.25) is 14.2 Å². The van der Waals surface area contributed by atoms with Gasteiger partial charge in [0.05, 0.1) is 33.8 Å². The van der Waals surface area contributed by atoms with Crippen LogP contribution < -0.4 is 10.2 Å². The number of allylic oxidation sites excluding steroid dienone is 3. The molecule has 0 spiro atoms. The molecule has 0 aliphatic heterocycles. The maximum atomic E-state index is 13.4. The normalized spacial score (nSPS) is 14.0. The highest BCUT2D eigenvalue weighted by Gasteiger charge is 2.27. The Kier molecular flexibility index (Phi) is 46.1. The van der Waals surface area contributed by atoms with Crippen molar-refractivity contribution in [2.45, 2.75) is 283 Å². The van der Waals surface area contributed by atoms with Gasteiger partial charge in [0.15, 0.2) is 0 Å². The Labute approximate surface area is 409 Å². The first-order valence-corrected chi connectivity index (χ1v) is 29.6. The number of hydrogen-bond donors (Lipinski definition) is 1. The number of quaternary nitrogens is 1. The largest absolute Gasteiger partial charge is 0.756 e. The molecule has 0 aliphatic rings. The lowest BCUT2D eigenvalue weighted by atomic mass is 10.0. The van der Waals surface area contributed by atoms with Gasteiger partial charge in [0.25, 0.3) is 7.82 Å². The van der Waals surface area contributed by atoms with Crippen LogP contribution in [-0.4, -0.2) is 69.4 Å². The number of unbranched alkanes of at least 4 members (excludes halogenated alkanes) is 33. The monoisotopic (exact) mass is 953 g/mol. The highest BCUT2D eigenvalue weighted by Crippen LogP contribution is 2.38. The molecule has 1 amide bonds. The summed E-state index contributed by atoms with van der Waals surface area (Å²) in [5.41, 5.74) is 0. The van der Waals surface area contributed by atoms with Gasteiger partial charge in [-0.1, -0.05) is 225 Å². The van der Waals surface area contributed by atoms with E-state index in [1.54, 1.807) is 0 Å². The second-order valence-electron chi connectivity index (χ2n) is 20.4. The van der Waals surface area contributed by atoms with Crippen LogP contribution in [-0.2, 0) is 27.9 Å². The average Bonchev–Trinajstić information content (AvgIpc) is 3.27. The summed E-state index contributed by atoms with van der Waals surface area (Å²) in [5.74, 6) is -0.549. The third-order valence-electron chi connectivity index (χ3n) is 12.6. The molecule has 0 radical (unpaired) electrons. The fourth-order valence-corrected chi connectivity index (χ4v) is 8.95. The van der Waals surface area contributed by atoms with Crippen LogP contribution >= 0.6 is 7.82 Å². The van der Waals surface area contributed by atoms with Crippen LogP contribution in [0.1, 0.15) is 271 Å². The number of hydrogen-bond acceptors (Lipinski definition) is 7. The average molecular weight is 953 g/mol. The van der Waals surface area contributed by atoms with Gasteiger partial charge in [-0.05, 0) is 57.4 Å². The van der Waals surface area contributed by atoms with E-state index in [2.05, 4.69) is 38.2 Å². The smallest absolute Gasteiger partial charge is 0.306 e. The molecule has 10 heteroatoms. The van der Waals surface area contributed by atoms with Gasteiger partial charge < -0.3 is 28.5 Å². The zero-order valence-electron chi connectivity index (χ0n) is 44.4. The zero-order valence-corrected chi connectivity index (χ0v) is 45.3. The van der Waals surface area contributed by atoms with Gasteiger partial charge in [-0.25, -0.2) is 0 Å². The molecule has 3 atom stereocenters. The number of likely N-dealkylation sites (N-methyl/N-ethyl adjacent to an activating group) is 1. The lowest BCUT2D eigenvalue weighted by Gasteiger charge is -2.30. The number of ether oxygens (including phenoxy) is 1. The minimum absolute atomic E-state index is 0.0213. The van der Waals surface area contributed by atoms with Crippen molar-refractivity contribution in [3.63, 3.8) is 0 Å². The fourth-order valence-electron chi connectivity index (χ4n) is 8.22. The number of phosphoric acid groups is 1. The number of esters is 1. The number of nitrogens with one attached hydrogen (secondary N) is 1. The maximum absolute atomic E-state index is 13.4. The van der Waals surface area contributed by atoms with E-state index >= 15 is 0 Å². The van der Waals surface area contributed by atoms with Crippen LogP contribution in [0, 0.1) is 0 Å². The van der Waals surface area contributed by atoms with Gasteiger partial charge >= 0.3 is 5.97 Å². The van der Waals surface area contributed by atoms with Crippen molar-refractivity contribution in [1.82, 2.24) is 5.32 Å². The van der Waals surface area contributed by atoms with Crippen LogP contribution in [0.25, 0.3) is 0 Å². The summed E-state index contributed by atoms with van der Waals surface area (Å²) in [6.07, 6.45) is 52.8. The molecular weight excluding hydrogens is 844 g/mol. The molecule has 0 aromatic heterocycles. The van der Waals surface area contributed by atoms with E-state index in [-0.39, 0.29) is 31.5 Å². The molecule has 0 saturated carbocycles. The van der Waals surface area contributed by atoms with E-state index < -0.39 is 20.0 Å². The predicted molar refractivity (Wildman–Crippen MR) is 280 cm³/mol. The Morgan fingerprint density at radius 3 is 1.30 bits per heavy atom. The molecule has 0 heterocycles. The van der Waals surface area contributed by atoms with Crippen molar-refractivity contribution in [1.29, 1.82) is 0 Å². The number of rotatable bonds is 51. The van der Waals surface area contributed by atoms with E-state index in [0.717, 1.165) is 64.2 Å². The van der Waals surface area contributed by atoms with Gasteiger partial charge in [0.1, 0.15) is 19.3 Å². The van der Waals surface area contributed by atoms with Crippen LogP contribution in [0.3, 0.4) is 0 Å². The molecule has 390 valence electrons. The molecule has 0 rings (SSSR count). The minimum Gasteiger partial charge on any atom is -0.756 e. The minimum atomic E-state index is -4.69. The summed E-state index contributed by atoms with van der Waals surface area (Å²) >= 11 is 0. The third-order valence-corrected chi connectivity index (χ3v) is 13.6. The van der Waals surface area contributed by atoms with Crippen LogP contribution in [0.4, 0.5) is 0 Å². The Hall–Kier alpha value is -1.51. The summed E-state index contributed by atoms with van der Waals surface area (Å²) in [6, 6.07) is -0.886. The first kappa shape index (κ1) is 64.5. The molecule has 3 unspecified atom stereocenters. The van der Waals surface area contributed by atoms with Crippen LogP contribution in [0.15, 0.2) is 24.3 Å². The molecule has 0 bridgehead atoms. The summed E-state index contributed by atoms with van der Waals surface area (Å²) in [5, 5.41) is 3.02. The van der Waals surface area contributed by atoms with E-state index in [4.69, 9.17) is 13.8 Å². The number of carbonyl (C=O) groups excluding carboxylic acids is 2. The first-order chi connectivity index (χ1) is 31.9. The van der Waals surface area contributed by atoms with Crippen LogP contribution in [0.2, 0.25) is 0 Å². The molecule has 66 heavy (non-hydrogen) atoms. The Morgan fingerprint density at radius 1 is 0.515 bits per heavy atom. The number of carbonyl (C=O) groups is 2. The van der Waals surface area contributed by atoms with Crippen LogP contribution in [0.5, 0.6) is 0 Å². The SMILES string of the molecule is CCCCCCCCC/C=C\CCCCCC(=O)OC(/C=C/CCCCCCCCCCC)C(COP(=O)([O-])OCC[N+](C)(C)C)NC(=O)CCCCCCCCCCCCCCCCC. The molecule has 9 nitrogen and oxygen atoms in total. The summed E-state index contributed by atoms with van der Waals surface area (Å²) in [7, 11) is 1.19. The Morgan fingerprint density at radius 2 is 0.879 bits per heavy atom. The van der Waals surface area contributed by atoms with Gasteiger partial charge in [-0.2, -0.15) is 0 Å². The third kappa shape index (κ3) is 47.6. The second kappa shape index (κ2) is 47.2. The van der Waals surface area contributed by atoms with E-state index in [9.17, 15) is 19.0 Å². The lowest BCUT2D eigenvalue weighted by molar-refractivity contribution is -0.870. The van der Waals surface area contributed by atoms with Crippen molar-refractivity contribution >= 4 is 19.7 Å². The molecule has 0 aromatic carbocycles. The lowest BCUT2D eigenvalue weighted by Crippen LogP contribution is -2.47. The van der Waals surface area contributed by atoms with Gasteiger partial charge in [0, 0.05) is 12.8 Å². The maximum Gasteiger partial charge on any atom is 0.306 e. The van der Waals surface area contributed by atoms with Crippen molar-refractivity contribution in [2.24, 2.45) is 0 Å². The zero-order chi connectivity index (χ0) is 48.7. The molecule has 0 saturated heterocycles. The second-order valence-corrected chi connectivity index (χ2v) is 21.9. The van der Waals surface area contributed by atoms with E-state index in [0.29, 0.717) is 23.9 Å². The highest BCUT2D eigenvalue weighted by atomic mass is 31.2. The number of phosphoric ester groups is 1. The van der Waals surface area contributed by atoms with Crippen molar-refractivity contribution in [3.05, 3.63) is 24.3 Å². The van der Waals surface area contributed by atoms with Gasteiger partial charge in [0.2, 0.25) is 5.91 Å². The van der Waals surface area contributed by atoms with E-state index in [1.165, 1.54) is 167 Å². The van der Waals surface area contributed by atoms with Crippen molar-refractivity contribution in [3.8, 4) is 0 Å². The molecule has 0 fully saturated rings. The van der Waals surface area contributed by atoms with Crippen molar-refractivity contribution < 1.29 is 37.3 Å². The first-order valence-electron chi connectivity index (χ1n) is 28.1. The number of amides is 1. The standard InChI is InChI=1S/C56H109N2O7P/c1-7-10-13-16-19-22-25-27-29-30-33-36-39-42-45-48-55(59)57-53(52-64-66(61,62)63-51-50-58(4,5)6)54(47-44-41-38-35-32-24-21-18-15-12-9-3)65-56(60)49-46-43-40-37-34-31-28-26-23-20-17-14-11-8-2/h31,34,44,47,53-54H,7-30,32-33,35-43,45-46,48-52H2,1-6H3,(H-,57,59,61,62)/b34-31-,47-44+. The topological polar surface area (TPSA) is 114 Å². The van der Waals surface area contributed by atoms with Crippen molar-refractivity contribution in [2.75, 3.05) is 40.9 Å². The molecule has 0 aliphatic carbocycles. The molecule has 0 aromatic rings. The summed E-state index contributed by atoms with van der Waals surface area (Å²) in [4.78, 5) is 39.7. The van der Waals surface area contributed by atoms with Gasteiger partial charge in [-0.15, -0.1) is 0 Å².